The Morgan fingerprint density at radius 1 is 0.964 bits per heavy atom. The maximum Gasteiger partial charge on any atom is 0.188 e. The molecule has 0 bridgehead atoms. The summed E-state index contributed by atoms with van der Waals surface area (Å²) >= 11 is 0. The molecular weight excluding hydrogens is 354 g/mol. The average Bonchev–Trinajstić information content (AvgIpc) is 3.20. The van der Waals surface area contributed by atoms with Gasteiger partial charge in [0.25, 0.3) is 0 Å². The van der Waals surface area contributed by atoms with Crippen LogP contribution in [0.5, 0.6) is 17.2 Å². The van der Waals surface area contributed by atoms with Gasteiger partial charge in [-0.15, -0.1) is 0 Å². The molecule has 28 heavy (non-hydrogen) atoms. The SMILES string of the molecule is CCC(=Nc1ccc2c(c1)OOC2)OCc1cccc(Oc2ccccc2)c1. The molecule has 3 aromatic carbocycles. The van der Waals surface area contributed by atoms with Crippen LogP contribution in [-0.4, -0.2) is 5.90 Å². The molecule has 5 heteroatoms. The Balaban J connectivity index is 1.42. The van der Waals surface area contributed by atoms with Crippen molar-refractivity contribution in [2.45, 2.75) is 26.6 Å². The number of hydrogen-bond acceptors (Lipinski definition) is 5. The van der Waals surface area contributed by atoms with Gasteiger partial charge in [0.15, 0.2) is 11.6 Å². The Morgan fingerprint density at radius 3 is 2.68 bits per heavy atom. The van der Waals surface area contributed by atoms with Gasteiger partial charge in [0, 0.05) is 18.1 Å². The molecular formula is C23H21NO4. The van der Waals surface area contributed by atoms with Gasteiger partial charge < -0.3 is 14.4 Å². The molecule has 0 unspecified atom stereocenters. The molecule has 0 saturated heterocycles. The highest BCUT2D eigenvalue weighted by Crippen LogP contribution is 2.30. The quantitative estimate of drug-likeness (QED) is 0.303. The second kappa shape index (κ2) is 8.59. The van der Waals surface area contributed by atoms with Crippen molar-refractivity contribution in [3.8, 4) is 17.2 Å². The van der Waals surface area contributed by atoms with Crippen molar-refractivity contribution in [2.75, 3.05) is 0 Å². The summed E-state index contributed by atoms with van der Waals surface area (Å²) in [6.07, 6.45) is 0.689. The Hall–Kier alpha value is -3.31. The van der Waals surface area contributed by atoms with Crippen molar-refractivity contribution in [1.29, 1.82) is 0 Å². The van der Waals surface area contributed by atoms with Crippen LogP contribution in [0.3, 0.4) is 0 Å². The van der Waals surface area contributed by atoms with Gasteiger partial charge in [-0.05, 0) is 35.9 Å². The third-order valence-corrected chi connectivity index (χ3v) is 4.25. The summed E-state index contributed by atoms with van der Waals surface area (Å²) in [6.45, 7) is 2.90. The Kier molecular flexibility index (Phi) is 5.54. The Bertz CT molecular complexity index is 969. The third kappa shape index (κ3) is 4.50. The maximum atomic E-state index is 5.93. The molecule has 0 saturated carbocycles. The topological polar surface area (TPSA) is 49.3 Å². The lowest BCUT2D eigenvalue weighted by molar-refractivity contribution is -0.194. The molecule has 0 atom stereocenters. The summed E-state index contributed by atoms with van der Waals surface area (Å²) in [4.78, 5) is 14.7. The number of para-hydroxylation sites is 1. The molecule has 0 N–H and O–H groups in total. The molecule has 1 aliphatic rings. The zero-order chi connectivity index (χ0) is 19.2. The lowest BCUT2D eigenvalue weighted by Crippen LogP contribution is -2.03. The number of benzene rings is 3. The van der Waals surface area contributed by atoms with E-state index in [1.165, 1.54) is 0 Å². The van der Waals surface area contributed by atoms with E-state index in [9.17, 15) is 0 Å². The summed E-state index contributed by atoms with van der Waals surface area (Å²) in [5, 5.41) is 0. The van der Waals surface area contributed by atoms with Gasteiger partial charge >= 0.3 is 0 Å². The minimum absolute atomic E-state index is 0.420. The van der Waals surface area contributed by atoms with Crippen molar-refractivity contribution in [2.24, 2.45) is 4.99 Å². The molecule has 0 aromatic heterocycles. The van der Waals surface area contributed by atoms with Crippen molar-refractivity contribution in [3.63, 3.8) is 0 Å². The first-order valence-corrected chi connectivity index (χ1v) is 9.25. The van der Waals surface area contributed by atoms with Crippen LogP contribution in [0.25, 0.3) is 0 Å². The molecule has 0 fully saturated rings. The zero-order valence-electron chi connectivity index (χ0n) is 15.6. The number of fused-ring (bicyclic) bond motifs is 1. The van der Waals surface area contributed by atoms with E-state index in [0.29, 0.717) is 31.3 Å². The Morgan fingerprint density at radius 2 is 1.82 bits per heavy atom. The summed E-state index contributed by atoms with van der Waals surface area (Å²) < 4.78 is 11.8. The van der Waals surface area contributed by atoms with Crippen molar-refractivity contribution in [3.05, 3.63) is 83.9 Å². The van der Waals surface area contributed by atoms with E-state index in [-0.39, 0.29) is 0 Å². The van der Waals surface area contributed by atoms with E-state index in [1.54, 1.807) is 0 Å². The standard InChI is InChI=1S/C23H21NO4/c1-2-23(24-19-12-11-18-16-26-28-22(18)14-19)25-15-17-7-6-10-21(13-17)27-20-8-4-3-5-9-20/h3-14H,2,15-16H2,1H3. The second-order valence-electron chi connectivity index (χ2n) is 6.35. The van der Waals surface area contributed by atoms with Crippen LogP contribution in [0.2, 0.25) is 0 Å². The van der Waals surface area contributed by atoms with E-state index in [0.717, 1.165) is 28.3 Å². The van der Waals surface area contributed by atoms with Crippen LogP contribution in [0.15, 0.2) is 77.8 Å². The summed E-state index contributed by atoms with van der Waals surface area (Å²) in [5.41, 5.74) is 2.82. The Labute approximate surface area is 164 Å². The summed E-state index contributed by atoms with van der Waals surface area (Å²) in [7, 11) is 0. The molecule has 1 heterocycles. The van der Waals surface area contributed by atoms with Gasteiger partial charge in [-0.25, -0.2) is 4.99 Å². The molecule has 1 aliphatic heterocycles. The van der Waals surface area contributed by atoms with E-state index < -0.39 is 0 Å². The minimum atomic E-state index is 0.420. The first-order valence-electron chi connectivity index (χ1n) is 9.25. The third-order valence-electron chi connectivity index (χ3n) is 4.25. The number of ether oxygens (including phenoxy) is 2. The lowest BCUT2D eigenvalue weighted by Gasteiger charge is -2.10. The van der Waals surface area contributed by atoms with E-state index in [2.05, 4.69) is 4.99 Å². The fraction of sp³-hybridized carbons (Fsp3) is 0.174. The normalized spacial score (nSPS) is 13.0. The van der Waals surface area contributed by atoms with Gasteiger partial charge in [-0.3, -0.25) is 0 Å². The molecule has 4 rings (SSSR count). The number of rotatable bonds is 6. The van der Waals surface area contributed by atoms with Gasteiger partial charge in [0.1, 0.15) is 24.7 Å². The maximum absolute atomic E-state index is 5.93. The second-order valence-corrected chi connectivity index (χ2v) is 6.35. The number of nitrogens with zero attached hydrogens (tertiary/aromatic N) is 1. The molecule has 0 aliphatic carbocycles. The predicted molar refractivity (Wildman–Crippen MR) is 107 cm³/mol. The fourth-order valence-corrected chi connectivity index (χ4v) is 2.81. The molecule has 0 amide bonds. The van der Waals surface area contributed by atoms with Crippen LogP contribution in [0.4, 0.5) is 5.69 Å². The monoisotopic (exact) mass is 375 g/mol. The first kappa shape index (κ1) is 18.1. The molecule has 142 valence electrons. The van der Waals surface area contributed by atoms with Crippen LogP contribution in [0.1, 0.15) is 24.5 Å². The minimum Gasteiger partial charge on any atom is -0.476 e. The van der Waals surface area contributed by atoms with Crippen molar-refractivity contribution in [1.82, 2.24) is 0 Å². The molecule has 5 nitrogen and oxygen atoms in total. The zero-order valence-corrected chi connectivity index (χ0v) is 15.6. The molecule has 0 spiro atoms. The van der Waals surface area contributed by atoms with Gasteiger partial charge in [-0.2, -0.15) is 4.89 Å². The number of aliphatic imine (C=N–C) groups is 1. The highest BCUT2D eigenvalue weighted by molar-refractivity contribution is 5.79. The van der Waals surface area contributed by atoms with Crippen molar-refractivity contribution < 1.29 is 19.2 Å². The van der Waals surface area contributed by atoms with Crippen molar-refractivity contribution >= 4 is 11.6 Å². The van der Waals surface area contributed by atoms with Crippen LogP contribution in [-0.2, 0) is 22.8 Å². The smallest absolute Gasteiger partial charge is 0.188 e. The fourth-order valence-electron chi connectivity index (χ4n) is 2.81. The van der Waals surface area contributed by atoms with E-state index >= 15 is 0 Å². The first-order chi connectivity index (χ1) is 13.8. The van der Waals surface area contributed by atoms with Crippen LogP contribution in [0, 0.1) is 0 Å². The van der Waals surface area contributed by atoms with E-state index in [1.807, 2.05) is 79.7 Å². The van der Waals surface area contributed by atoms with Crippen LogP contribution >= 0.6 is 0 Å². The number of hydrogen-bond donors (Lipinski definition) is 0. The van der Waals surface area contributed by atoms with Crippen LogP contribution < -0.4 is 9.62 Å². The van der Waals surface area contributed by atoms with Gasteiger partial charge in [0.2, 0.25) is 0 Å². The highest BCUT2D eigenvalue weighted by atomic mass is 17.2. The summed E-state index contributed by atoms with van der Waals surface area (Å²) in [6, 6.07) is 23.3. The molecule has 3 aromatic rings. The molecule has 0 radical (unpaired) electrons. The average molecular weight is 375 g/mol. The summed E-state index contributed by atoms with van der Waals surface area (Å²) in [5.74, 6) is 2.95. The van der Waals surface area contributed by atoms with Gasteiger partial charge in [0.05, 0.1) is 5.69 Å². The highest BCUT2D eigenvalue weighted by Gasteiger charge is 2.14. The lowest BCUT2D eigenvalue weighted by atomic mass is 10.2. The predicted octanol–water partition coefficient (Wildman–Crippen LogP) is 5.96. The van der Waals surface area contributed by atoms with Gasteiger partial charge in [-0.1, -0.05) is 43.3 Å². The van der Waals surface area contributed by atoms with E-state index in [4.69, 9.17) is 19.2 Å². The largest absolute Gasteiger partial charge is 0.476 e.